The van der Waals surface area contributed by atoms with Crippen LogP contribution in [0.5, 0.6) is 28.7 Å². The van der Waals surface area contributed by atoms with Gasteiger partial charge in [0.1, 0.15) is 35.5 Å². The monoisotopic (exact) mass is 644 g/mol. The maximum atomic E-state index is 12.9. The summed E-state index contributed by atoms with van der Waals surface area (Å²) in [5.74, 6) is 1.09. The highest BCUT2D eigenvalue weighted by atomic mass is 35.5. The molecule has 4 aromatic carbocycles. The first kappa shape index (κ1) is 31.6. The van der Waals surface area contributed by atoms with Crippen molar-refractivity contribution in [2.45, 2.75) is 32.3 Å². The summed E-state index contributed by atoms with van der Waals surface area (Å²) >= 11 is 12.3. The molecule has 0 bridgehead atoms. The number of allylic oxidation sites excluding steroid dienone is 1. The normalized spacial score (nSPS) is 13.7. The number of halogens is 2. The molecule has 1 aliphatic rings. The van der Waals surface area contributed by atoms with Gasteiger partial charge in [0.2, 0.25) is 5.88 Å². The average molecular weight is 646 g/mol. The number of fused-ring (bicyclic) bond motifs is 1. The second kappa shape index (κ2) is 14.3. The Hall–Kier alpha value is -4.84. The second-order valence-corrected chi connectivity index (χ2v) is 11.0. The van der Waals surface area contributed by atoms with Gasteiger partial charge in [-0.3, -0.25) is 0 Å². The Morgan fingerprint density at radius 3 is 2.44 bits per heavy atom. The third kappa shape index (κ3) is 7.28. The second-order valence-electron chi connectivity index (χ2n) is 10.2. The maximum Gasteiger partial charge on any atom is 0.343 e. The number of esters is 1. The minimum Gasteiger partial charge on any atom is -0.494 e. The van der Waals surface area contributed by atoms with Crippen molar-refractivity contribution in [3.05, 3.63) is 123 Å². The molecule has 0 amide bonds. The highest BCUT2D eigenvalue weighted by molar-refractivity contribution is 6.35. The molecule has 5 rings (SSSR count). The van der Waals surface area contributed by atoms with Crippen molar-refractivity contribution in [2.75, 3.05) is 13.7 Å². The molecule has 10 heteroatoms. The molecular formula is C35H30Cl2N2O6. The van der Waals surface area contributed by atoms with E-state index in [0.29, 0.717) is 50.8 Å². The lowest BCUT2D eigenvalue weighted by molar-refractivity contribution is 0.0734. The summed E-state index contributed by atoms with van der Waals surface area (Å²) in [6.07, 6.45) is 1.99. The van der Waals surface area contributed by atoms with Crippen LogP contribution >= 0.6 is 23.2 Å². The third-order valence-corrected chi connectivity index (χ3v) is 7.76. The van der Waals surface area contributed by atoms with Crippen LogP contribution in [-0.2, 0) is 6.61 Å². The number of ether oxygens (including phenoxy) is 5. The average Bonchev–Trinajstić information content (AvgIpc) is 3.04. The Morgan fingerprint density at radius 2 is 1.73 bits per heavy atom. The number of hydrogen-bond donors (Lipinski definition) is 1. The fourth-order valence-corrected chi connectivity index (χ4v) is 5.27. The summed E-state index contributed by atoms with van der Waals surface area (Å²) < 4.78 is 28.7. The van der Waals surface area contributed by atoms with E-state index in [1.54, 1.807) is 72.8 Å². The van der Waals surface area contributed by atoms with Crippen LogP contribution in [0.1, 0.15) is 52.7 Å². The molecule has 0 aromatic heterocycles. The standard InChI is InChI=1S/C35H30Cl2N2O6/c1-3-4-15-42-25-10-6-21(7-11-25)35(40)44-26-12-13-27-31(18-26)45-34(39)28(19-38)33(27)22-8-14-30(32(16-22)41-2)43-20-23-5-9-24(36)17-29(23)37/h5-14,16-18,33H,3-4,15,20,39H2,1-2H3. The number of nitrogens with zero attached hydrogens (tertiary/aromatic N) is 1. The minimum atomic E-state index is -0.572. The zero-order chi connectivity index (χ0) is 31.9. The highest BCUT2D eigenvalue weighted by Gasteiger charge is 2.32. The molecule has 0 aliphatic carbocycles. The number of carbonyl (C=O) groups excluding carboxylic acids is 1. The molecule has 1 atom stereocenters. The van der Waals surface area contributed by atoms with Gasteiger partial charge in [0, 0.05) is 27.2 Å². The van der Waals surface area contributed by atoms with Crippen molar-refractivity contribution in [3.63, 3.8) is 0 Å². The van der Waals surface area contributed by atoms with Crippen LogP contribution in [0.25, 0.3) is 0 Å². The molecule has 2 N–H and O–H groups in total. The van der Waals surface area contributed by atoms with E-state index in [4.69, 9.17) is 52.6 Å². The van der Waals surface area contributed by atoms with Crippen LogP contribution in [0.4, 0.5) is 0 Å². The van der Waals surface area contributed by atoms with Crippen molar-refractivity contribution in [1.82, 2.24) is 0 Å². The summed E-state index contributed by atoms with van der Waals surface area (Å²) in [7, 11) is 1.53. The molecule has 230 valence electrons. The molecule has 45 heavy (non-hydrogen) atoms. The Morgan fingerprint density at radius 1 is 0.956 bits per heavy atom. The van der Waals surface area contributed by atoms with Gasteiger partial charge in [0.15, 0.2) is 11.5 Å². The van der Waals surface area contributed by atoms with E-state index in [-0.39, 0.29) is 23.8 Å². The molecule has 4 aromatic rings. The molecule has 1 unspecified atom stereocenters. The molecule has 0 saturated heterocycles. The topological polar surface area (TPSA) is 113 Å². The zero-order valence-electron chi connectivity index (χ0n) is 24.6. The smallest absolute Gasteiger partial charge is 0.343 e. The van der Waals surface area contributed by atoms with Crippen molar-refractivity contribution >= 4 is 29.2 Å². The molecule has 1 aliphatic heterocycles. The molecule has 8 nitrogen and oxygen atoms in total. The fourth-order valence-electron chi connectivity index (χ4n) is 4.81. The zero-order valence-corrected chi connectivity index (χ0v) is 26.2. The van der Waals surface area contributed by atoms with Crippen LogP contribution < -0.4 is 29.4 Å². The lowest BCUT2D eigenvalue weighted by atomic mass is 9.83. The number of nitrogens with two attached hydrogens (primary N) is 1. The lowest BCUT2D eigenvalue weighted by Gasteiger charge is -2.27. The summed E-state index contributed by atoms with van der Waals surface area (Å²) in [4.78, 5) is 12.9. The SMILES string of the molecule is CCCCOc1ccc(C(=O)Oc2ccc3c(c2)OC(N)=C(C#N)C3c2ccc(OCc3ccc(Cl)cc3Cl)c(OC)c2)cc1. The molecule has 0 fully saturated rings. The van der Waals surface area contributed by atoms with Gasteiger partial charge in [-0.25, -0.2) is 4.79 Å². The van der Waals surface area contributed by atoms with Crippen molar-refractivity contribution in [2.24, 2.45) is 5.73 Å². The highest BCUT2D eigenvalue weighted by Crippen LogP contribution is 2.45. The van der Waals surface area contributed by atoms with Gasteiger partial charge in [0.25, 0.3) is 0 Å². The predicted octanol–water partition coefficient (Wildman–Crippen LogP) is 8.20. The van der Waals surface area contributed by atoms with Crippen LogP contribution in [0.3, 0.4) is 0 Å². The molecule has 0 saturated carbocycles. The number of nitriles is 1. The van der Waals surface area contributed by atoms with E-state index in [0.717, 1.165) is 24.0 Å². The van der Waals surface area contributed by atoms with E-state index >= 15 is 0 Å². The van der Waals surface area contributed by atoms with Gasteiger partial charge >= 0.3 is 5.97 Å². The number of benzene rings is 4. The van der Waals surface area contributed by atoms with E-state index in [1.165, 1.54) is 7.11 Å². The Kier molecular flexibility index (Phi) is 10.0. The van der Waals surface area contributed by atoms with Gasteiger partial charge in [-0.05, 0) is 66.6 Å². The van der Waals surface area contributed by atoms with Crippen LogP contribution in [-0.4, -0.2) is 19.7 Å². The fraction of sp³-hybridized carbons (Fsp3) is 0.200. The third-order valence-electron chi connectivity index (χ3n) is 7.18. The van der Waals surface area contributed by atoms with E-state index in [1.807, 2.05) is 6.07 Å². The largest absolute Gasteiger partial charge is 0.494 e. The van der Waals surface area contributed by atoms with E-state index in [2.05, 4.69) is 13.0 Å². The number of rotatable bonds is 11. The van der Waals surface area contributed by atoms with Gasteiger partial charge in [0.05, 0.1) is 25.2 Å². The Balaban J connectivity index is 1.36. The molecular weight excluding hydrogens is 615 g/mol. The van der Waals surface area contributed by atoms with Gasteiger partial charge in [-0.1, -0.05) is 54.7 Å². The number of methoxy groups -OCH3 is 1. The predicted molar refractivity (Wildman–Crippen MR) is 171 cm³/mol. The van der Waals surface area contributed by atoms with Crippen LogP contribution in [0.15, 0.2) is 90.3 Å². The maximum absolute atomic E-state index is 12.9. The van der Waals surface area contributed by atoms with Gasteiger partial charge in [-0.15, -0.1) is 0 Å². The summed E-state index contributed by atoms with van der Waals surface area (Å²) in [6, 6.07) is 24.5. The van der Waals surface area contributed by atoms with Crippen LogP contribution in [0.2, 0.25) is 10.0 Å². The first-order chi connectivity index (χ1) is 21.8. The van der Waals surface area contributed by atoms with Crippen molar-refractivity contribution in [3.8, 4) is 34.8 Å². The van der Waals surface area contributed by atoms with Gasteiger partial charge < -0.3 is 29.4 Å². The summed E-state index contributed by atoms with van der Waals surface area (Å²) in [5, 5.41) is 11.0. The Bertz CT molecular complexity index is 1780. The number of carbonyl (C=O) groups is 1. The first-order valence-corrected chi connectivity index (χ1v) is 15.0. The molecule has 0 radical (unpaired) electrons. The molecule has 0 spiro atoms. The van der Waals surface area contributed by atoms with E-state index < -0.39 is 11.9 Å². The van der Waals surface area contributed by atoms with E-state index in [9.17, 15) is 10.1 Å². The first-order valence-electron chi connectivity index (χ1n) is 14.2. The number of hydrogen-bond acceptors (Lipinski definition) is 8. The quantitative estimate of drug-likeness (QED) is 0.0987. The van der Waals surface area contributed by atoms with Crippen molar-refractivity contribution < 1.29 is 28.5 Å². The van der Waals surface area contributed by atoms with Gasteiger partial charge in [-0.2, -0.15) is 5.26 Å². The van der Waals surface area contributed by atoms with Crippen molar-refractivity contribution in [1.29, 1.82) is 5.26 Å². The number of unbranched alkanes of at least 4 members (excludes halogenated alkanes) is 1. The van der Waals surface area contributed by atoms with Crippen LogP contribution in [0, 0.1) is 11.3 Å². The summed E-state index contributed by atoms with van der Waals surface area (Å²) in [6.45, 7) is 2.90. The molecule has 1 heterocycles. The minimum absolute atomic E-state index is 0.0474. The lowest BCUT2D eigenvalue weighted by Crippen LogP contribution is -2.21. The Labute approximate surface area is 271 Å². The summed E-state index contributed by atoms with van der Waals surface area (Å²) in [5.41, 5.74) is 8.96.